The van der Waals surface area contributed by atoms with Gasteiger partial charge in [0.15, 0.2) is 0 Å². The van der Waals surface area contributed by atoms with Crippen molar-refractivity contribution < 1.29 is 10.0 Å². The van der Waals surface area contributed by atoms with Crippen LogP contribution in [0.15, 0.2) is 18.2 Å². The maximum absolute atomic E-state index is 10.8. The summed E-state index contributed by atoms with van der Waals surface area (Å²) in [6.45, 7) is 1.54. The Morgan fingerprint density at radius 2 is 2.09 bits per heavy atom. The number of nitro benzene ring substituents is 1. The van der Waals surface area contributed by atoms with Gasteiger partial charge in [-0.3, -0.25) is 10.1 Å². The smallest absolute Gasteiger partial charge is 0.264 e. The normalized spacial score (nSPS) is 9.55. The summed E-state index contributed by atoms with van der Waals surface area (Å²) in [5.74, 6) is -0.532. The standard InChI is InChI=1S/C7H7NO3/c1-5-3-2-4-6(9)7(5)8(10)11/h2-4,9H,1H3/p-1. The van der Waals surface area contributed by atoms with Crippen LogP contribution in [0.1, 0.15) is 5.56 Å². The molecule has 1 aromatic rings. The van der Waals surface area contributed by atoms with Gasteiger partial charge in [-0.15, -0.1) is 0 Å². The first-order valence-electron chi connectivity index (χ1n) is 3.04. The van der Waals surface area contributed by atoms with Crippen LogP contribution >= 0.6 is 0 Å². The molecule has 0 aliphatic rings. The van der Waals surface area contributed by atoms with Gasteiger partial charge in [-0.1, -0.05) is 18.2 Å². The number of para-hydroxylation sites is 1. The van der Waals surface area contributed by atoms with E-state index in [1.54, 1.807) is 13.0 Å². The van der Waals surface area contributed by atoms with Crippen LogP contribution in [0.5, 0.6) is 5.75 Å². The van der Waals surface area contributed by atoms with Crippen LogP contribution < -0.4 is 5.11 Å². The van der Waals surface area contributed by atoms with Crippen LogP contribution in [0.3, 0.4) is 0 Å². The van der Waals surface area contributed by atoms with Crippen LogP contribution in [0.25, 0.3) is 0 Å². The molecule has 0 N–H and O–H groups in total. The summed E-state index contributed by atoms with van der Waals surface area (Å²) in [6.07, 6.45) is 0. The highest BCUT2D eigenvalue weighted by molar-refractivity contribution is 5.50. The summed E-state index contributed by atoms with van der Waals surface area (Å²) in [5.41, 5.74) is 0.0787. The number of rotatable bonds is 1. The number of aryl methyl sites for hydroxylation is 1. The molecule has 11 heavy (non-hydrogen) atoms. The average Bonchev–Trinajstić information content (AvgIpc) is 1.85. The van der Waals surface area contributed by atoms with E-state index in [0.717, 1.165) is 0 Å². The Labute approximate surface area is 63.2 Å². The number of hydrogen-bond acceptors (Lipinski definition) is 3. The lowest BCUT2D eigenvalue weighted by atomic mass is 10.2. The van der Waals surface area contributed by atoms with Crippen LogP contribution in [-0.4, -0.2) is 4.92 Å². The van der Waals surface area contributed by atoms with E-state index in [1.165, 1.54) is 12.1 Å². The number of benzene rings is 1. The van der Waals surface area contributed by atoms with Gasteiger partial charge in [0.1, 0.15) is 0 Å². The van der Waals surface area contributed by atoms with Crippen molar-refractivity contribution in [3.8, 4) is 5.75 Å². The van der Waals surface area contributed by atoms with Crippen molar-refractivity contribution in [2.45, 2.75) is 6.92 Å². The first-order valence-corrected chi connectivity index (χ1v) is 3.04. The van der Waals surface area contributed by atoms with Crippen LogP contribution in [0.4, 0.5) is 5.69 Å². The molecule has 0 saturated carbocycles. The molecular formula is C7H6NO3-. The lowest BCUT2D eigenvalue weighted by Gasteiger charge is -2.06. The molecule has 1 aromatic carbocycles. The highest BCUT2D eigenvalue weighted by Gasteiger charge is 2.08. The van der Waals surface area contributed by atoms with Crippen molar-refractivity contribution in [1.82, 2.24) is 0 Å². The molecule has 0 aliphatic carbocycles. The molecule has 0 radical (unpaired) electrons. The van der Waals surface area contributed by atoms with E-state index in [0.29, 0.717) is 5.56 Å². The van der Waals surface area contributed by atoms with E-state index in [-0.39, 0.29) is 5.69 Å². The summed E-state index contributed by atoms with van der Waals surface area (Å²) in [5, 5.41) is 21.1. The molecule has 58 valence electrons. The van der Waals surface area contributed by atoms with Crippen molar-refractivity contribution in [2.24, 2.45) is 0 Å². The molecule has 1 rings (SSSR count). The summed E-state index contributed by atoms with van der Waals surface area (Å²) >= 11 is 0. The van der Waals surface area contributed by atoms with Gasteiger partial charge in [-0.25, -0.2) is 0 Å². The van der Waals surface area contributed by atoms with Gasteiger partial charge in [-0.2, -0.15) is 0 Å². The molecule has 0 unspecified atom stereocenters. The van der Waals surface area contributed by atoms with Crippen LogP contribution in [0, 0.1) is 17.0 Å². The summed E-state index contributed by atoms with van der Waals surface area (Å²) in [4.78, 5) is 9.59. The number of nitro groups is 1. The number of hydrogen-bond donors (Lipinski definition) is 0. The second kappa shape index (κ2) is 2.57. The van der Waals surface area contributed by atoms with Crippen molar-refractivity contribution in [2.75, 3.05) is 0 Å². The topological polar surface area (TPSA) is 66.2 Å². The van der Waals surface area contributed by atoms with E-state index in [2.05, 4.69) is 0 Å². The van der Waals surface area contributed by atoms with E-state index < -0.39 is 10.7 Å². The first-order chi connectivity index (χ1) is 5.13. The molecule has 0 amide bonds. The molecule has 0 bridgehead atoms. The number of nitrogens with zero attached hydrogens (tertiary/aromatic N) is 1. The maximum Gasteiger partial charge on any atom is 0.264 e. The average molecular weight is 152 g/mol. The summed E-state index contributed by atoms with van der Waals surface area (Å²) < 4.78 is 0. The summed E-state index contributed by atoms with van der Waals surface area (Å²) in [6, 6.07) is 4.23. The third kappa shape index (κ3) is 1.29. The van der Waals surface area contributed by atoms with Gasteiger partial charge in [0.2, 0.25) is 0 Å². The zero-order valence-electron chi connectivity index (χ0n) is 5.90. The Bertz CT molecular complexity index is 275. The van der Waals surface area contributed by atoms with Gasteiger partial charge in [0.05, 0.1) is 4.92 Å². The van der Waals surface area contributed by atoms with Crippen LogP contribution in [-0.2, 0) is 0 Å². The maximum atomic E-state index is 10.8. The monoisotopic (exact) mass is 152 g/mol. The molecule has 4 nitrogen and oxygen atoms in total. The molecule has 0 fully saturated rings. The minimum atomic E-state index is -0.655. The van der Waals surface area contributed by atoms with Crippen molar-refractivity contribution in [3.05, 3.63) is 33.9 Å². The Morgan fingerprint density at radius 3 is 2.45 bits per heavy atom. The summed E-state index contributed by atoms with van der Waals surface area (Å²) in [7, 11) is 0. The highest BCUT2D eigenvalue weighted by Crippen LogP contribution is 2.25. The van der Waals surface area contributed by atoms with Crippen LogP contribution in [0.2, 0.25) is 0 Å². The second-order valence-electron chi connectivity index (χ2n) is 2.18. The fourth-order valence-corrected chi connectivity index (χ4v) is 0.866. The molecule has 0 spiro atoms. The zero-order valence-corrected chi connectivity index (χ0v) is 5.90. The van der Waals surface area contributed by atoms with E-state index in [9.17, 15) is 15.2 Å². The van der Waals surface area contributed by atoms with E-state index in [1.807, 2.05) is 0 Å². The molecule has 4 heteroatoms. The molecule has 0 aliphatic heterocycles. The SMILES string of the molecule is Cc1cccc([O-])c1[N+](=O)[O-]. The lowest BCUT2D eigenvalue weighted by molar-refractivity contribution is -0.398. The quantitative estimate of drug-likeness (QED) is 0.445. The van der Waals surface area contributed by atoms with Crippen molar-refractivity contribution in [3.63, 3.8) is 0 Å². The predicted octanol–water partition coefficient (Wildman–Crippen LogP) is 0.977. The van der Waals surface area contributed by atoms with Crippen molar-refractivity contribution in [1.29, 1.82) is 0 Å². The Kier molecular flexibility index (Phi) is 1.76. The fourth-order valence-electron chi connectivity index (χ4n) is 0.866. The Hall–Kier alpha value is -1.58. The van der Waals surface area contributed by atoms with Gasteiger partial charge >= 0.3 is 0 Å². The van der Waals surface area contributed by atoms with Crippen molar-refractivity contribution >= 4 is 5.69 Å². The lowest BCUT2D eigenvalue weighted by Crippen LogP contribution is -1.99. The molecular weight excluding hydrogens is 146 g/mol. The van der Waals surface area contributed by atoms with E-state index in [4.69, 9.17) is 0 Å². The van der Waals surface area contributed by atoms with Gasteiger partial charge in [0.25, 0.3) is 5.69 Å². The van der Waals surface area contributed by atoms with E-state index >= 15 is 0 Å². The third-order valence-corrected chi connectivity index (χ3v) is 1.38. The minimum Gasteiger partial charge on any atom is -0.868 e. The fraction of sp³-hybridized carbons (Fsp3) is 0.143. The third-order valence-electron chi connectivity index (χ3n) is 1.38. The zero-order chi connectivity index (χ0) is 8.43. The Morgan fingerprint density at radius 1 is 1.45 bits per heavy atom. The molecule has 0 heterocycles. The predicted molar refractivity (Wildman–Crippen MR) is 37.3 cm³/mol. The molecule has 0 saturated heterocycles. The second-order valence-corrected chi connectivity index (χ2v) is 2.18. The van der Waals surface area contributed by atoms with Gasteiger partial charge in [0, 0.05) is 5.56 Å². The largest absolute Gasteiger partial charge is 0.868 e. The van der Waals surface area contributed by atoms with Gasteiger partial charge < -0.3 is 5.11 Å². The molecule has 0 atom stereocenters. The Balaban J connectivity index is 3.32. The minimum absolute atomic E-state index is 0.326. The molecule has 0 aromatic heterocycles. The highest BCUT2D eigenvalue weighted by atomic mass is 16.6. The van der Waals surface area contributed by atoms with Gasteiger partial charge in [-0.05, 0) is 12.7 Å². The first kappa shape index (κ1) is 7.53.